The maximum Gasteiger partial charge on any atom is 0.472 e. The molecule has 0 aliphatic rings. The van der Waals surface area contributed by atoms with Gasteiger partial charge in [0.05, 0.1) is 13.2 Å². The van der Waals surface area contributed by atoms with Crippen LogP contribution in [0.2, 0.25) is 0 Å². The summed E-state index contributed by atoms with van der Waals surface area (Å²) in [6.45, 7) is 3.67. The summed E-state index contributed by atoms with van der Waals surface area (Å²) in [6, 6.07) is 0. The predicted molar refractivity (Wildman–Crippen MR) is 210 cm³/mol. The van der Waals surface area contributed by atoms with Crippen molar-refractivity contribution in [2.75, 3.05) is 26.4 Å². The number of rotatable bonds is 38. The minimum atomic E-state index is -4.38. The van der Waals surface area contributed by atoms with E-state index in [1.807, 2.05) is 0 Å². The summed E-state index contributed by atoms with van der Waals surface area (Å²) in [5.41, 5.74) is 5.34. The summed E-state index contributed by atoms with van der Waals surface area (Å²) in [7, 11) is -4.38. The van der Waals surface area contributed by atoms with Gasteiger partial charge in [-0.2, -0.15) is 0 Å². The highest BCUT2D eigenvalue weighted by molar-refractivity contribution is 7.47. The summed E-state index contributed by atoms with van der Waals surface area (Å²) in [6.07, 6.45) is 40.2. The number of allylic oxidation sites excluding steroid dienone is 6. The topological polar surface area (TPSA) is 134 Å². The SMILES string of the molecule is CCCCCC=CCC=CCCCCCCCCCC(=O)O[C@H](COC(=O)CCCCCCCC=CCCCCCC)COP(=O)(O)OCCN. The Morgan fingerprint density at radius 3 is 1.55 bits per heavy atom. The summed E-state index contributed by atoms with van der Waals surface area (Å²) in [5, 5.41) is 0. The zero-order valence-corrected chi connectivity index (χ0v) is 33.5. The van der Waals surface area contributed by atoms with E-state index in [2.05, 4.69) is 50.3 Å². The lowest BCUT2D eigenvalue weighted by molar-refractivity contribution is -0.161. The van der Waals surface area contributed by atoms with Crippen molar-refractivity contribution in [2.24, 2.45) is 5.73 Å². The van der Waals surface area contributed by atoms with Crippen LogP contribution < -0.4 is 5.73 Å². The highest BCUT2D eigenvalue weighted by Gasteiger charge is 2.26. The minimum Gasteiger partial charge on any atom is -0.462 e. The summed E-state index contributed by atoms with van der Waals surface area (Å²) >= 11 is 0. The molecule has 0 radical (unpaired) electrons. The van der Waals surface area contributed by atoms with Crippen molar-refractivity contribution in [3.8, 4) is 0 Å². The fourth-order valence-electron chi connectivity index (χ4n) is 5.42. The quantitative estimate of drug-likeness (QED) is 0.0274. The van der Waals surface area contributed by atoms with E-state index in [-0.39, 0.29) is 32.6 Å². The van der Waals surface area contributed by atoms with Crippen molar-refractivity contribution in [3.63, 3.8) is 0 Å². The van der Waals surface area contributed by atoms with Gasteiger partial charge in [-0.15, -0.1) is 0 Å². The number of unbranched alkanes of at least 4 members (excludes halogenated alkanes) is 19. The van der Waals surface area contributed by atoms with Crippen molar-refractivity contribution in [2.45, 2.75) is 187 Å². The molecule has 0 aliphatic heterocycles. The van der Waals surface area contributed by atoms with Crippen molar-refractivity contribution < 1.29 is 37.6 Å². The van der Waals surface area contributed by atoms with Crippen LogP contribution in [0.4, 0.5) is 0 Å². The minimum absolute atomic E-state index is 0.0505. The molecule has 0 aliphatic carbocycles. The molecule has 3 N–H and O–H groups in total. The van der Waals surface area contributed by atoms with Gasteiger partial charge in [-0.3, -0.25) is 18.6 Å². The van der Waals surface area contributed by atoms with Crippen molar-refractivity contribution in [3.05, 3.63) is 36.5 Å². The normalized spacial score (nSPS) is 13.7. The molecule has 0 heterocycles. The Morgan fingerprint density at radius 2 is 1.02 bits per heavy atom. The number of carbonyl (C=O) groups excluding carboxylic acids is 2. The maximum atomic E-state index is 12.6. The van der Waals surface area contributed by atoms with Crippen LogP contribution in [0.5, 0.6) is 0 Å². The first-order valence-electron chi connectivity index (χ1n) is 20.5. The average Bonchev–Trinajstić information content (AvgIpc) is 3.11. The van der Waals surface area contributed by atoms with Crippen LogP contribution in [0.3, 0.4) is 0 Å². The Labute approximate surface area is 312 Å². The van der Waals surface area contributed by atoms with Gasteiger partial charge in [0, 0.05) is 19.4 Å². The third-order valence-electron chi connectivity index (χ3n) is 8.50. The van der Waals surface area contributed by atoms with Crippen LogP contribution in [-0.4, -0.2) is 49.3 Å². The monoisotopic (exact) mass is 742 g/mol. The molecule has 0 aromatic rings. The van der Waals surface area contributed by atoms with Gasteiger partial charge < -0.3 is 20.1 Å². The molecule has 0 fully saturated rings. The van der Waals surface area contributed by atoms with Gasteiger partial charge in [-0.25, -0.2) is 4.57 Å². The fourth-order valence-corrected chi connectivity index (χ4v) is 6.19. The van der Waals surface area contributed by atoms with Crippen LogP contribution in [0, 0.1) is 0 Å². The number of phosphoric acid groups is 1. The average molecular weight is 742 g/mol. The zero-order valence-electron chi connectivity index (χ0n) is 32.6. The summed E-state index contributed by atoms with van der Waals surface area (Å²) in [4.78, 5) is 34.8. The molecule has 9 nitrogen and oxygen atoms in total. The lowest BCUT2D eigenvalue weighted by atomic mass is 10.1. The van der Waals surface area contributed by atoms with Gasteiger partial charge in [-0.1, -0.05) is 134 Å². The molecule has 2 atom stereocenters. The number of hydrogen-bond donors (Lipinski definition) is 2. The van der Waals surface area contributed by atoms with E-state index >= 15 is 0 Å². The van der Waals surface area contributed by atoms with Gasteiger partial charge in [0.1, 0.15) is 6.61 Å². The smallest absolute Gasteiger partial charge is 0.462 e. The molecule has 51 heavy (non-hydrogen) atoms. The Morgan fingerprint density at radius 1 is 0.588 bits per heavy atom. The first-order chi connectivity index (χ1) is 24.8. The summed E-state index contributed by atoms with van der Waals surface area (Å²) < 4.78 is 32.7. The molecule has 0 saturated carbocycles. The molecule has 0 aromatic heterocycles. The third-order valence-corrected chi connectivity index (χ3v) is 9.48. The number of phosphoric ester groups is 1. The van der Waals surface area contributed by atoms with Crippen LogP contribution in [0.15, 0.2) is 36.5 Å². The molecule has 0 saturated heterocycles. The molecule has 0 amide bonds. The van der Waals surface area contributed by atoms with Crippen molar-refractivity contribution in [1.82, 2.24) is 0 Å². The number of hydrogen-bond acceptors (Lipinski definition) is 8. The van der Waals surface area contributed by atoms with Gasteiger partial charge in [0.15, 0.2) is 6.10 Å². The lowest BCUT2D eigenvalue weighted by Gasteiger charge is -2.19. The standard InChI is InChI=1S/C41H76NO8P/c1-3-5-7-9-11-13-15-17-18-19-20-22-24-26-28-30-32-34-41(44)50-39(38-49-51(45,46)48-36-35-42)37-47-40(43)33-31-29-27-25-23-21-16-14-12-10-8-6-4-2/h11,13-14,16-18,39H,3-10,12,15,19-38,42H2,1-2H3,(H,45,46)/t39-/m1/s1. The van der Waals surface area contributed by atoms with Gasteiger partial charge in [0.25, 0.3) is 0 Å². The van der Waals surface area contributed by atoms with E-state index in [0.717, 1.165) is 70.6 Å². The third kappa shape index (κ3) is 37.8. The van der Waals surface area contributed by atoms with Crippen LogP contribution in [0.1, 0.15) is 181 Å². The second-order valence-corrected chi connectivity index (χ2v) is 14.9. The maximum absolute atomic E-state index is 12.6. The van der Waals surface area contributed by atoms with E-state index < -0.39 is 32.5 Å². The zero-order chi connectivity index (χ0) is 37.5. The Balaban J connectivity index is 4.21. The molecule has 298 valence electrons. The number of carbonyl (C=O) groups is 2. The van der Waals surface area contributed by atoms with Crippen LogP contribution in [-0.2, 0) is 32.7 Å². The van der Waals surface area contributed by atoms with Crippen LogP contribution >= 0.6 is 7.82 Å². The number of nitrogens with two attached hydrogens (primary N) is 1. The van der Waals surface area contributed by atoms with E-state index in [9.17, 15) is 19.0 Å². The fraction of sp³-hybridized carbons (Fsp3) is 0.805. The van der Waals surface area contributed by atoms with E-state index in [1.165, 1.54) is 77.0 Å². The molecule has 0 bridgehead atoms. The number of esters is 2. The van der Waals surface area contributed by atoms with Gasteiger partial charge >= 0.3 is 19.8 Å². The largest absolute Gasteiger partial charge is 0.472 e. The Bertz CT molecular complexity index is 939. The van der Waals surface area contributed by atoms with Gasteiger partial charge in [0.2, 0.25) is 0 Å². The number of ether oxygens (including phenoxy) is 2. The lowest BCUT2D eigenvalue weighted by Crippen LogP contribution is -2.29. The highest BCUT2D eigenvalue weighted by atomic mass is 31.2. The highest BCUT2D eigenvalue weighted by Crippen LogP contribution is 2.43. The van der Waals surface area contributed by atoms with Gasteiger partial charge in [-0.05, 0) is 70.6 Å². The Hall–Kier alpha value is -1.77. The van der Waals surface area contributed by atoms with E-state index in [4.69, 9.17) is 24.3 Å². The second kappa shape index (κ2) is 38.0. The van der Waals surface area contributed by atoms with E-state index in [1.54, 1.807) is 0 Å². The van der Waals surface area contributed by atoms with E-state index in [0.29, 0.717) is 6.42 Å². The molecule has 0 rings (SSSR count). The molecular weight excluding hydrogens is 665 g/mol. The van der Waals surface area contributed by atoms with Crippen molar-refractivity contribution in [1.29, 1.82) is 0 Å². The molecule has 10 heteroatoms. The second-order valence-electron chi connectivity index (χ2n) is 13.5. The first kappa shape index (κ1) is 49.2. The Kier molecular flexibility index (Phi) is 36.7. The molecule has 0 spiro atoms. The predicted octanol–water partition coefficient (Wildman–Crippen LogP) is 11.4. The molecule has 1 unspecified atom stereocenters. The molecular formula is C41H76NO8P. The van der Waals surface area contributed by atoms with Crippen molar-refractivity contribution >= 4 is 19.8 Å². The molecule has 0 aromatic carbocycles. The summed E-state index contributed by atoms with van der Waals surface area (Å²) in [5.74, 6) is -0.848. The van der Waals surface area contributed by atoms with Crippen LogP contribution in [0.25, 0.3) is 0 Å². The first-order valence-corrected chi connectivity index (χ1v) is 22.0.